The van der Waals surface area contributed by atoms with E-state index in [-0.39, 0.29) is 23.9 Å². The van der Waals surface area contributed by atoms with Crippen LogP contribution in [0.2, 0.25) is 0 Å². The molecule has 4 N–H and O–H groups in total. The molecule has 33 heavy (non-hydrogen) atoms. The van der Waals surface area contributed by atoms with E-state index < -0.39 is 0 Å². The number of fused-ring (bicyclic) bond motifs is 1. The number of phenolic OH excluding ortho intramolecular Hbond substituents is 1. The number of nitrogens with zero attached hydrogens (tertiary/aromatic N) is 4. The first-order chi connectivity index (χ1) is 15.9. The third-order valence-corrected chi connectivity index (χ3v) is 5.51. The average molecular weight is 439 g/mol. The van der Waals surface area contributed by atoms with Gasteiger partial charge in [0.2, 0.25) is 5.65 Å². The summed E-state index contributed by atoms with van der Waals surface area (Å²) in [6, 6.07) is 20.4. The zero-order valence-corrected chi connectivity index (χ0v) is 18.3. The predicted molar refractivity (Wildman–Crippen MR) is 126 cm³/mol. The van der Waals surface area contributed by atoms with E-state index >= 15 is 0 Å². The SMILES string of the molecule is Cc1cc(-c2c(-c3ccccc3)[nH+]c(N)n3c(=O)n(Cc4ccc(O)cc4)nc23)cc(C)n1. The first kappa shape index (κ1) is 20.4. The first-order valence-electron chi connectivity index (χ1n) is 10.5. The summed E-state index contributed by atoms with van der Waals surface area (Å²) in [6.07, 6.45) is 0. The Labute approximate surface area is 189 Å². The Morgan fingerprint density at radius 2 is 1.64 bits per heavy atom. The summed E-state index contributed by atoms with van der Waals surface area (Å²) < 4.78 is 2.78. The minimum Gasteiger partial charge on any atom is -0.508 e. The molecular weight excluding hydrogens is 416 g/mol. The number of aryl methyl sites for hydroxylation is 2. The molecule has 0 saturated heterocycles. The van der Waals surface area contributed by atoms with Gasteiger partial charge in [0.15, 0.2) is 0 Å². The molecule has 3 heterocycles. The molecule has 0 bridgehead atoms. The molecule has 0 aliphatic rings. The Morgan fingerprint density at radius 3 is 2.30 bits per heavy atom. The number of nitrogens with one attached hydrogen (secondary N) is 1. The number of hydrogen-bond acceptors (Lipinski definition) is 5. The summed E-state index contributed by atoms with van der Waals surface area (Å²) in [5.74, 6) is 0.357. The van der Waals surface area contributed by atoms with Gasteiger partial charge in [0.25, 0.3) is 0 Å². The molecule has 0 saturated carbocycles. The summed E-state index contributed by atoms with van der Waals surface area (Å²) in [6.45, 7) is 4.12. The maximum atomic E-state index is 13.3. The van der Waals surface area contributed by atoms with E-state index in [1.54, 1.807) is 24.3 Å². The summed E-state index contributed by atoms with van der Waals surface area (Å²) in [5.41, 5.74) is 12.4. The first-order valence-corrected chi connectivity index (χ1v) is 10.5. The largest absolute Gasteiger partial charge is 0.508 e. The van der Waals surface area contributed by atoms with Crippen LogP contribution in [0.3, 0.4) is 0 Å². The highest BCUT2D eigenvalue weighted by Gasteiger charge is 2.26. The molecule has 164 valence electrons. The molecular formula is C25H23N6O2+. The number of rotatable bonds is 4. The highest BCUT2D eigenvalue weighted by Crippen LogP contribution is 2.32. The number of nitrogen functional groups attached to an aromatic ring is 1. The van der Waals surface area contributed by atoms with Crippen LogP contribution < -0.4 is 16.4 Å². The summed E-state index contributed by atoms with van der Waals surface area (Å²) >= 11 is 0. The van der Waals surface area contributed by atoms with E-state index in [0.29, 0.717) is 5.65 Å². The fourth-order valence-electron chi connectivity index (χ4n) is 4.10. The van der Waals surface area contributed by atoms with Gasteiger partial charge < -0.3 is 5.11 Å². The molecule has 8 heteroatoms. The number of anilines is 1. The molecule has 0 spiro atoms. The van der Waals surface area contributed by atoms with E-state index in [9.17, 15) is 9.90 Å². The highest BCUT2D eigenvalue weighted by molar-refractivity contribution is 5.88. The number of benzene rings is 2. The molecule has 0 unspecified atom stereocenters. The van der Waals surface area contributed by atoms with Gasteiger partial charge in [-0.1, -0.05) is 42.5 Å². The van der Waals surface area contributed by atoms with Gasteiger partial charge in [-0.15, -0.1) is 9.50 Å². The molecule has 0 radical (unpaired) electrons. The Balaban J connectivity index is 1.81. The number of H-pyrrole nitrogens is 1. The van der Waals surface area contributed by atoms with E-state index in [2.05, 4.69) is 9.97 Å². The van der Waals surface area contributed by atoms with E-state index in [4.69, 9.17) is 10.8 Å². The van der Waals surface area contributed by atoms with Crippen LogP contribution >= 0.6 is 0 Å². The van der Waals surface area contributed by atoms with Crippen molar-refractivity contribution in [2.75, 3.05) is 5.73 Å². The quantitative estimate of drug-likeness (QED) is 0.447. The van der Waals surface area contributed by atoms with Gasteiger partial charge in [-0.25, -0.2) is 9.78 Å². The molecule has 0 aliphatic heterocycles. The van der Waals surface area contributed by atoms with Crippen LogP contribution in [0.15, 0.2) is 71.5 Å². The van der Waals surface area contributed by atoms with Crippen LogP contribution in [0.4, 0.5) is 5.95 Å². The second-order valence-corrected chi connectivity index (χ2v) is 8.03. The number of aromatic hydroxyl groups is 1. The lowest BCUT2D eigenvalue weighted by Gasteiger charge is -2.10. The summed E-state index contributed by atoms with van der Waals surface area (Å²) in [4.78, 5) is 21.0. The number of nitrogens with two attached hydrogens (primary N) is 1. The molecule has 3 aromatic heterocycles. The van der Waals surface area contributed by atoms with Crippen LogP contribution in [0.25, 0.3) is 28.0 Å². The van der Waals surface area contributed by atoms with Crippen LogP contribution in [0.5, 0.6) is 5.75 Å². The maximum absolute atomic E-state index is 13.3. The van der Waals surface area contributed by atoms with Crippen LogP contribution in [-0.2, 0) is 6.54 Å². The topological polar surface area (TPSA) is 113 Å². The number of phenols is 1. The molecule has 5 aromatic rings. The lowest BCUT2D eigenvalue weighted by molar-refractivity contribution is -0.351. The Bertz CT molecular complexity index is 1520. The normalized spacial score (nSPS) is 11.2. The Kier molecular flexibility index (Phi) is 4.90. The van der Waals surface area contributed by atoms with E-state index in [1.165, 1.54) is 9.08 Å². The third kappa shape index (κ3) is 3.71. The summed E-state index contributed by atoms with van der Waals surface area (Å²) in [5, 5.41) is 14.3. The molecule has 0 fully saturated rings. The maximum Gasteiger partial charge on any atom is 0.411 e. The van der Waals surface area contributed by atoms with Gasteiger partial charge in [0.05, 0.1) is 12.1 Å². The van der Waals surface area contributed by atoms with E-state index in [1.807, 2.05) is 56.3 Å². The number of aromatic amines is 1. The van der Waals surface area contributed by atoms with Gasteiger partial charge >= 0.3 is 11.6 Å². The Morgan fingerprint density at radius 1 is 0.970 bits per heavy atom. The van der Waals surface area contributed by atoms with Crippen molar-refractivity contribution in [2.45, 2.75) is 20.4 Å². The average Bonchev–Trinajstić information content (AvgIpc) is 3.11. The van der Waals surface area contributed by atoms with Crippen molar-refractivity contribution in [3.8, 4) is 28.1 Å². The van der Waals surface area contributed by atoms with E-state index in [0.717, 1.165) is 39.3 Å². The second kappa shape index (κ2) is 7.90. The Hall–Kier alpha value is -4.46. The van der Waals surface area contributed by atoms with Gasteiger partial charge in [0, 0.05) is 17.0 Å². The van der Waals surface area contributed by atoms with Crippen molar-refractivity contribution >= 4 is 11.6 Å². The van der Waals surface area contributed by atoms with Gasteiger partial charge in [-0.3, -0.25) is 10.7 Å². The molecule has 2 aromatic carbocycles. The van der Waals surface area contributed by atoms with Crippen LogP contribution in [0.1, 0.15) is 17.0 Å². The molecule has 0 atom stereocenters. The fraction of sp³-hybridized carbons (Fsp3) is 0.120. The number of pyridine rings is 1. The molecule has 0 aliphatic carbocycles. The number of hydrogen-bond donors (Lipinski definition) is 2. The van der Waals surface area contributed by atoms with Crippen molar-refractivity contribution in [3.05, 3.63) is 94.2 Å². The zero-order chi connectivity index (χ0) is 23.1. The van der Waals surface area contributed by atoms with Gasteiger partial charge in [-0.2, -0.15) is 4.68 Å². The monoisotopic (exact) mass is 439 g/mol. The lowest BCUT2D eigenvalue weighted by Crippen LogP contribution is -2.28. The second-order valence-electron chi connectivity index (χ2n) is 8.03. The molecule has 8 nitrogen and oxygen atoms in total. The zero-order valence-electron chi connectivity index (χ0n) is 18.3. The van der Waals surface area contributed by atoms with Crippen molar-refractivity contribution in [1.82, 2.24) is 19.2 Å². The van der Waals surface area contributed by atoms with Crippen LogP contribution in [0, 0.1) is 13.8 Å². The fourth-order valence-corrected chi connectivity index (χ4v) is 4.10. The van der Waals surface area contributed by atoms with Gasteiger partial charge in [0.1, 0.15) is 11.4 Å². The van der Waals surface area contributed by atoms with Crippen molar-refractivity contribution in [2.24, 2.45) is 0 Å². The van der Waals surface area contributed by atoms with Gasteiger partial charge in [-0.05, 0) is 49.2 Å². The smallest absolute Gasteiger partial charge is 0.411 e. The van der Waals surface area contributed by atoms with Crippen molar-refractivity contribution < 1.29 is 10.1 Å². The number of aromatic nitrogens is 5. The molecule has 5 rings (SSSR count). The van der Waals surface area contributed by atoms with Crippen molar-refractivity contribution in [1.29, 1.82) is 0 Å². The minimum absolute atomic E-state index is 0.165. The summed E-state index contributed by atoms with van der Waals surface area (Å²) in [7, 11) is 0. The lowest BCUT2D eigenvalue weighted by atomic mass is 9.99. The third-order valence-electron chi connectivity index (χ3n) is 5.51. The van der Waals surface area contributed by atoms with Crippen LogP contribution in [-0.4, -0.2) is 24.3 Å². The minimum atomic E-state index is -0.352. The highest BCUT2D eigenvalue weighted by atomic mass is 16.3. The van der Waals surface area contributed by atoms with Crippen molar-refractivity contribution in [3.63, 3.8) is 0 Å². The molecule has 0 amide bonds. The predicted octanol–water partition coefficient (Wildman–Crippen LogP) is 2.99. The standard InChI is InChI=1S/C25H22N6O2/c1-15-12-19(13-16(2)27-15)21-22(18-6-4-3-5-7-18)28-24(26)31-23(21)29-30(25(31)33)14-17-8-10-20(32)11-9-17/h3-13,32H,14H2,1-2H3,(H2,26,28)/p+1.